The number of carbonyl (C=O) groups excluding carboxylic acids is 1. The highest BCUT2D eigenvalue weighted by molar-refractivity contribution is 6.32. The van der Waals surface area contributed by atoms with E-state index in [2.05, 4.69) is 5.32 Å². The quantitative estimate of drug-likeness (QED) is 0.805. The maximum atomic E-state index is 11.8. The summed E-state index contributed by atoms with van der Waals surface area (Å²) in [5.74, 6) is 0.839. The summed E-state index contributed by atoms with van der Waals surface area (Å²) in [4.78, 5) is 11.8. The molecule has 1 saturated carbocycles. The summed E-state index contributed by atoms with van der Waals surface area (Å²) in [6.45, 7) is 0.0329. The van der Waals surface area contributed by atoms with Gasteiger partial charge in [0.25, 0.3) is 5.91 Å². The molecule has 1 amide bonds. The van der Waals surface area contributed by atoms with Crippen LogP contribution < -0.4 is 10.1 Å². The molecule has 1 atom stereocenters. The molecule has 1 unspecified atom stereocenters. The van der Waals surface area contributed by atoms with Crippen molar-refractivity contribution in [3.63, 3.8) is 0 Å². The van der Waals surface area contributed by atoms with Gasteiger partial charge in [0.1, 0.15) is 5.75 Å². The number of amides is 1. The number of nitrogens with one attached hydrogen (secondary N) is 1. The Morgan fingerprint density at radius 1 is 1.47 bits per heavy atom. The predicted molar refractivity (Wildman–Crippen MR) is 73.3 cm³/mol. The van der Waals surface area contributed by atoms with E-state index in [0.29, 0.717) is 23.1 Å². The van der Waals surface area contributed by atoms with E-state index in [4.69, 9.17) is 21.4 Å². The molecular formula is C14H18ClNO3. The van der Waals surface area contributed by atoms with E-state index < -0.39 is 0 Å². The molecule has 0 bridgehead atoms. The summed E-state index contributed by atoms with van der Waals surface area (Å²) < 4.78 is 5.37. The maximum absolute atomic E-state index is 11.8. The highest BCUT2D eigenvalue weighted by Gasteiger charge is 2.31. The molecule has 1 aliphatic carbocycles. The van der Waals surface area contributed by atoms with Gasteiger partial charge in [0, 0.05) is 12.6 Å². The van der Waals surface area contributed by atoms with Crippen molar-refractivity contribution in [1.82, 2.24) is 5.32 Å². The van der Waals surface area contributed by atoms with Crippen LogP contribution in [0.15, 0.2) is 24.3 Å². The summed E-state index contributed by atoms with van der Waals surface area (Å²) in [5.41, 5.74) is 0. The molecule has 1 fully saturated rings. The average molecular weight is 284 g/mol. The normalized spacial score (nSPS) is 15.9. The highest BCUT2D eigenvalue weighted by atomic mass is 35.5. The lowest BCUT2D eigenvalue weighted by Gasteiger charge is -2.17. The SMILES string of the molecule is O=C(COc1ccccc1Cl)NC(CCO)C1CC1. The fourth-order valence-electron chi connectivity index (χ4n) is 2.02. The largest absolute Gasteiger partial charge is 0.482 e. The summed E-state index contributed by atoms with van der Waals surface area (Å²) in [6, 6.07) is 7.11. The minimum atomic E-state index is -0.176. The first-order valence-corrected chi connectivity index (χ1v) is 6.86. The van der Waals surface area contributed by atoms with Gasteiger partial charge in [-0.15, -0.1) is 0 Å². The zero-order valence-electron chi connectivity index (χ0n) is 10.6. The topological polar surface area (TPSA) is 58.6 Å². The van der Waals surface area contributed by atoms with Crippen molar-refractivity contribution < 1.29 is 14.6 Å². The van der Waals surface area contributed by atoms with E-state index >= 15 is 0 Å². The number of hydrogen-bond acceptors (Lipinski definition) is 3. The Morgan fingerprint density at radius 2 is 2.21 bits per heavy atom. The smallest absolute Gasteiger partial charge is 0.258 e. The van der Waals surface area contributed by atoms with E-state index in [1.165, 1.54) is 0 Å². The second-order valence-electron chi connectivity index (χ2n) is 4.74. The Kier molecular flexibility index (Phi) is 5.05. The average Bonchev–Trinajstić information content (AvgIpc) is 3.21. The van der Waals surface area contributed by atoms with Crippen molar-refractivity contribution in [1.29, 1.82) is 0 Å². The minimum absolute atomic E-state index is 0.0572. The first kappa shape index (κ1) is 14.2. The lowest BCUT2D eigenvalue weighted by molar-refractivity contribution is -0.124. The monoisotopic (exact) mass is 283 g/mol. The molecule has 2 rings (SSSR count). The highest BCUT2D eigenvalue weighted by Crippen LogP contribution is 2.33. The number of para-hydroxylation sites is 1. The van der Waals surface area contributed by atoms with E-state index in [1.807, 2.05) is 0 Å². The number of halogens is 1. The molecule has 5 heteroatoms. The standard InChI is InChI=1S/C14H18ClNO3/c15-11-3-1-2-4-13(11)19-9-14(18)16-12(7-8-17)10-5-6-10/h1-4,10,12,17H,5-9H2,(H,16,18). The summed E-state index contributed by atoms with van der Waals surface area (Å²) in [5, 5.41) is 12.4. The van der Waals surface area contributed by atoms with Crippen LogP contribution in [0.3, 0.4) is 0 Å². The molecular weight excluding hydrogens is 266 g/mol. The number of ether oxygens (including phenoxy) is 1. The van der Waals surface area contributed by atoms with Gasteiger partial charge < -0.3 is 15.2 Å². The van der Waals surface area contributed by atoms with Crippen LogP contribution in [-0.2, 0) is 4.79 Å². The van der Waals surface area contributed by atoms with Gasteiger partial charge in [0.2, 0.25) is 0 Å². The van der Waals surface area contributed by atoms with Crippen molar-refractivity contribution in [2.75, 3.05) is 13.2 Å². The first-order valence-electron chi connectivity index (χ1n) is 6.48. The van der Waals surface area contributed by atoms with Gasteiger partial charge in [-0.1, -0.05) is 23.7 Å². The zero-order chi connectivity index (χ0) is 13.7. The van der Waals surface area contributed by atoms with Crippen LogP contribution in [-0.4, -0.2) is 30.3 Å². The lowest BCUT2D eigenvalue weighted by atomic mass is 10.1. The molecule has 0 saturated heterocycles. The van der Waals surface area contributed by atoms with Crippen molar-refractivity contribution in [3.05, 3.63) is 29.3 Å². The van der Waals surface area contributed by atoms with Gasteiger partial charge >= 0.3 is 0 Å². The van der Waals surface area contributed by atoms with Gasteiger partial charge in [-0.05, 0) is 37.3 Å². The maximum Gasteiger partial charge on any atom is 0.258 e. The Bertz CT molecular complexity index is 434. The Labute approximate surface area is 117 Å². The van der Waals surface area contributed by atoms with Crippen molar-refractivity contribution in [3.8, 4) is 5.75 Å². The van der Waals surface area contributed by atoms with Crippen molar-refractivity contribution >= 4 is 17.5 Å². The van der Waals surface area contributed by atoms with Crippen LogP contribution in [0.1, 0.15) is 19.3 Å². The number of rotatable bonds is 7. The Balaban J connectivity index is 1.79. The molecule has 0 heterocycles. The van der Waals surface area contributed by atoms with E-state index in [0.717, 1.165) is 12.8 Å². The molecule has 1 aromatic carbocycles. The van der Waals surface area contributed by atoms with Crippen LogP contribution in [0.4, 0.5) is 0 Å². The molecule has 0 radical (unpaired) electrons. The van der Waals surface area contributed by atoms with Crippen molar-refractivity contribution in [2.45, 2.75) is 25.3 Å². The third-order valence-corrected chi connectivity index (χ3v) is 3.49. The molecule has 0 spiro atoms. The third kappa shape index (κ3) is 4.40. The summed E-state index contributed by atoms with van der Waals surface area (Å²) in [6.07, 6.45) is 2.84. The molecule has 104 valence electrons. The van der Waals surface area contributed by atoms with Gasteiger partial charge in [0.05, 0.1) is 5.02 Å². The number of aliphatic hydroxyl groups excluding tert-OH is 1. The van der Waals surface area contributed by atoms with Crippen LogP contribution in [0, 0.1) is 5.92 Å². The molecule has 4 nitrogen and oxygen atoms in total. The molecule has 2 N–H and O–H groups in total. The summed E-state index contributed by atoms with van der Waals surface area (Å²) in [7, 11) is 0. The van der Waals surface area contributed by atoms with Crippen LogP contribution >= 0.6 is 11.6 Å². The van der Waals surface area contributed by atoms with Gasteiger partial charge in [-0.2, -0.15) is 0 Å². The number of hydrogen-bond donors (Lipinski definition) is 2. The molecule has 1 aromatic rings. The fraction of sp³-hybridized carbons (Fsp3) is 0.500. The van der Waals surface area contributed by atoms with Crippen LogP contribution in [0.5, 0.6) is 5.75 Å². The number of carbonyl (C=O) groups is 1. The molecule has 1 aliphatic rings. The van der Waals surface area contributed by atoms with Gasteiger partial charge in [-0.25, -0.2) is 0 Å². The zero-order valence-corrected chi connectivity index (χ0v) is 11.4. The third-order valence-electron chi connectivity index (χ3n) is 3.17. The summed E-state index contributed by atoms with van der Waals surface area (Å²) >= 11 is 5.93. The molecule has 19 heavy (non-hydrogen) atoms. The molecule has 0 aliphatic heterocycles. The minimum Gasteiger partial charge on any atom is -0.482 e. The second kappa shape index (κ2) is 6.78. The number of benzene rings is 1. The Hall–Kier alpha value is -1.26. The van der Waals surface area contributed by atoms with Gasteiger partial charge in [-0.3, -0.25) is 4.79 Å². The second-order valence-corrected chi connectivity index (χ2v) is 5.15. The Morgan fingerprint density at radius 3 is 2.84 bits per heavy atom. The predicted octanol–water partition coefficient (Wildman–Crippen LogP) is 2.00. The first-order chi connectivity index (χ1) is 9.20. The van der Waals surface area contributed by atoms with E-state index in [9.17, 15) is 4.79 Å². The van der Waals surface area contributed by atoms with E-state index in [-0.39, 0.29) is 25.2 Å². The number of aliphatic hydroxyl groups is 1. The van der Waals surface area contributed by atoms with E-state index in [1.54, 1.807) is 24.3 Å². The molecule has 0 aromatic heterocycles. The fourth-order valence-corrected chi connectivity index (χ4v) is 2.21. The van der Waals surface area contributed by atoms with Crippen LogP contribution in [0.25, 0.3) is 0 Å². The van der Waals surface area contributed by atoms with Crippen LogP contribution in [0.2, 0.25) is 5.02 Å². The van der Waals surface area contributed by atoms with Crippen molar-refractivity contribution in [2.24, 2.45) is 5.92 Å². The lowest BCUT2D eigenvalue weighted by Crippen LogP contribution is -2.39. The van der Waals surface area contributed by atoms with Gasteiger partial charge in [0.15, 0.2) is 6.61 Å².